The highest BCUT2D eigenvalue weighted by Gasteiger charge is 2.16. The van der Waals surface area contributed by atoms with Crippen LogP contribution in [-0.4, -0.2) is 26.4 Å². The first-order valence-corrected chi connectivity index (χ1v) is 12.4. The Labute approximate surface area is 202 Å². The molecule has 0 aliphatic rings. The van der Waals surface area contributed by atoms with E-state index in [0.717, 1.165) is 38.4 Å². The van der Waals surface area contributed by atoms with Crippen molar-refractivity contribution in [3.05, 3.63) is 63.4 Å². The Morgan fingerprint density at radius 1 is 1.19 bits per heavy atom. The van der Waals surface area contributed by atoms with E-state index >= 15 is 0 Å². The molecule has 8 heteroatoms. The third-order valence-electron chi connectivity index (χ3n) is 5.11. The highest BCUT2D eigenvalue weighted by Crippen LogP contribution is 2.28. The summed E-state index contributed by atoms with van der Waals surface area (Å²) in [6.07, 6.45) is 0. The summed E-state index contributed by atoms with van der Waals surface area (Å²) in [5.41, 5.74) is 4.12. The standard InChI is InChI=1S/C24H29BrN4O2S/c1-6-29-21(13-31-23-16(4)8-7-9-17(23)5)27-28-24(29)32-14-22(30)26-20-11-10-18(25)12-19(20)15(2)3/h7-12,15H,6,13-14H2,1-5H3,(H,26,30). The summed E-state index contributed by atoms with van der Waals surface area (Å²) in [6, 6.07) is 12.0. The molecule has 3 rings (SSSR count). The van der Waals surface area contributed by atoms with Gasteiger partial charge in [-0.1, -0.05) is 59.7 Å². The van der Waals surface area contributed by atoms with E-state index in [2.05, 4.69) is 45.3 Å². The van der Waals surface area contributed by atoms with Gasteiger partial charge in [-0.15, -0.1) is 10.2 Å². The van der Waals surface area contributed by atoms with E-state index in [0.29, 0.717) is 24.2 Å². The molecule has 0 unspecified atom stereocenters. The lowest BCUT2D eigenvalue weighted by atomic mass is 10.0. The van der Waals surface area contributed by atoms with E-state index in [9.17, 15) is 4.79 Å². The van der Waals surface area contributed by atoms with Crippen LogP contribution in [0, 0.1) is 13.8 Å². The highest BCUT2D eigenvalue weighted by atomic mass is 79.9. The molecule has 0 saturated heterocycles. The van der Waals surface area contributed by atoms with Crippen molar-refractivity contribution < 1.29 is 9.53 Å². The van der Waals surface area contributed by atoms with E-state index in [1.807, 2.05) is 61.7 Å². The molecule has 6 nitrogen and oxygen atoms in total. The average molecular weight is 517 g/mol. The summed E-state index contributed by atoms with van der Waals surface area (Å²) in [6.45, 7) is 11.3. The number of carbonyl (C=O) groups is 1. The number of nitrogens with zero attached hydrogens (tertiary/aromatic N) is 3. The second kappa shape index (κ2) is 11.0. The minimum absolute atomic E-state index is 0.0711. The first-order chi connectivity index (χ1) is 15.3. The molecule has 0 saturated carbocycles. The van der Waals surface area contributed by atoms with E-state index in [1.54, 1.807) is 0 Å². The van der Waals surface area contributed by atoms with E-state index in [1.165, 1.54) is 11.8 Å². The Hall–Kier alpha value is -2.32. The third-order valence-corrected chi connectivity index (χ3v) is 6.57. The van der Waals surface area contributed by atoms with E-state index < -0.39 is 0 Å². The number of hydrogen-bond acceptors (Lipinski definition) is 5. The molecular formula is C24H29BrN4O2S. The van der Waals surface area contributed by atoms with Crippen LogP contribution in [0.3, 0.4) is 0 Å². The number of ether oxygens (including phenoxy) is 1. The fraction of sp³-hybridized carbons (Fsp3) is 0.375. The van der Waals surface area contributed by atoms with E-state index in [-0.39, 0.29) is 11.7 Å². The molecule has 170 valence electrons. The lowest BCUT2D eigenvalue weighted by molar-refractivity contribution is -0.113. The van der Waals surface area contributed by atoms with Gasteiger partial charge in [-0.05, 0) is 61.6 Å². The average Bonchev–Trinajstić information content (AvgIpc) is 3.14. The zero-order valence-electron chi connectivity index (χ0n) is 19.1. The van der Waals surface area contributed by atoms with Crippen molar-refractivity contribution in [1.82, 2.24) is 14.8 Å². The van der Waals surface area contributed by atoms with Crippen molar-refractivity contribution in [2.45, 2.75) is 58.8 Å². The number of hydrogen-bond donors (Lipinski definition) is 1. The van der Waals surface area contributed by atoms with Crippen LogP contribution in [0.25, 0.3) is 0 Å². The van der Waals surface area contributed by atoms with Gasteiger partial charge in [0.05, 0.1) is 5.75 Å². The second-order valence-corrected chi connectivity index (χ2v) is 9.73. The molecule has 3 aromatic rings. The Morgan fingerprint density at radius 3 is 2.56 bits per heavy atom. The second-order valence-electron chi connectivity index (χ2n) is 7.88. The molecule has 1 amide bonds. The summed E-state index contributed by atoms with van der Waals surface area (Å²) in [4.78, 5) is 12.6. The van der Waals surface area contributed by atoms with Crippen molar-refractivity contribution >= 4 is 39.3 Å². The smallest absolute Gasteiger partial charge is 0.234 e. The number of benzene rings is 2. The molecule has 2 aromatic carbocycles. The van der Waals surface area contributed by atoms with Crippen LogP contribution >= 0.6 is 27.7 Å². The summed E-state index contributed by atoms with van der Waals surface area (Å²) >= 11 is 4.88. The van der Waals surface area contributed by atoms with Gasteiger partial charge in [-0.25, -0.2) is 0 Å². The minimum atomic E-state index is -0.0711. The number of para-hydroxylation sites is 1. The van der Waals surface area contributed by atoms with Gasteiger partial charge in [0.25, 0.3) is 0 Å². The van der Waals surface area contributed by atoms with Gasteiger partial charge in [-0.2, -0.15) is 0 Å². The van der Waals surface area contributed by atoms with Gasteiger partial charge >= 0.3 is 0 Å². The van der Waals surface area contributed by atoms with Crippen LogP contribution in [0.15, 0.2) is 46.0 Å². The molecule has 0 radical (unpaired) electrons. The largest absolute Gasteiger partial charge is 0.485 e. The fourth-order valence-electron chi connectivity index (χ4n) is 3.46. The third kappa shape index (κ3) is 5.92. The normalized spacial score (nSPS) is 11.1. The lowest BCUT2D eigenvalue weighted by Crippen LogP contribution is -2.16. The quantitative estimate of drug-likeness (QED) is 0.347. The zero-order valence-corrected chi connectivity index (χ0v) is 21.5. The molecule has 0 aliphatic heterocycles. The van der Waals surface area contributed by atoms with Crippen LogP contribution < -0.4 is 10.1 Å². The number of carbonyl (C=O) groups excluding carboxylic acids is 1. The number of nitrogens with one attached hydrogen (secondary N) is 1. The van der Waals surface area contributed by atoms with Crippen molar-refractivity contribution in [2.75, 3.05) is 11.1 Å². The van der Waals surface area contributed by atoms with Gasteiger partial charge in [0.2, 0.25) is 5.91 Å². The monoisotopic (exact) mass is 516 g/mol. The number of thioether (sulfide) groups is 1. The van der Waals surface area contributed by atoms with Gasteiger partial charge in [0.1, 0.15) is 12.4 Å². The SMILES string of the molecule is CCn1c(COc2c(C)cccc2C)nnc1SCC(=O)Nc1ccc(Br)cc1C(C)C. The highest BCUT2D eigenvalue weighted by molar-refractivity contribution is 9.10. The number of rotatable bonds is 9. The number of anilines is 1. The first kappa shape index (κ1) is 24.3. The summed E-state index contributed by atoms with van der Waals surface area (Å²) in [5, 5.41) is 12.3. The predicted octanol–water partition coefficient (Wildman–Crippen LogP) is 6.11. The lowest BCUT2D eigenvalue weighted by Gasteiger charge is -2.14. The zero-order chi connectivity index (χ0) is 23.3. The Kier molecular flexibility index (Phi) is 8.37. The van der Waals surface area contributed by atoms with Gasteiger partial charge in [0.15, 0.2) is 11.0 Å². The topological polar surface area (TPSA) is 69.0 Å². The first-order valence-electron chi connectivity index (χ1n) is 10.6. The van der Waals surface area contributed by atoms with Crippen molar-refractivity contribution in [2.24, 2.45) is 0 Å². The minimum Gasteiger partial charge on any atom is -0.485 e. The molecule has 32 heavy (non-hydrogen) atoms. The van der Waals surface area contributed by atoms with Crippen molar-refractivity contribution in [3.63, 3.8) is 0 Å². The molecule has 1 aromatic heterocycles. The number of amides is 1. The van der Waals surface area contributed by atoms with Gasteiger partial charge < -0.3 is 14.6 Å². The van der Waals surface area contributed by atoms with Gasteiger partial charge in [-0.3, -0.25) is 4.79 Å². The molecule has 0 aliphatic carbocycles. The van der Waals surface area contributed by atoms with Crippen molar-refractivity contribution in [1.29, 1.82) is 0 Å². The molecular weight excluding hydrogens is 488 g/mol. The van der Waals surface area contributed by atoms with Crippen LogP contribution in [0.4, 0.5) is 5.69 Å². The van der Waals surface area contributed by atoms with Crippen molar-refractivity contribution in [3.8, 4) is 5.75 Å². The summed E-state index contributed by atoms with van der Waals surface area (Å²) in [7, 11) is 0. The van der Waals surface area contributed by atoms with Crippen LogP contribution in [0.1, 0.15) is 49.2 Å². The Morgan fingerprint density at radius 2 is 1.91 bits per heavy atom. The predicted molar refractivity (Wildman–Crippen MR) is 134 cm³/mol. The fourth-order valence-corrected chi connectivity index (χ4v) is 4.66. The maximum atomic E-state index is 12.6. The number of halogens is 1. The number of aromatic nitrogens is 3. The maximum Gasteiger partial charge on any atom is 0.234 e. The Balaban J connectivity index is 1.64. The van der Waals surface area contributed by atoms with Gasteiger partial charge in [0, 0.05) is 16.7 Å². The van der Waals surface area contributed by atoms with Crippen LogP contribution in [-0.2, 0) is 17.9 Å². The number of aryl methyl sites for hydroxylation is 2. The van der Waals surface area contributed by atoms with Crippen LogP contribution in [0.2, 0.25) is 0 Å². The van der Waals surface area contributed by atoms with Crippen LogP contribution in [0.5, 0.6) is 5.75 Å². The molecule has 0 atom stereocenters. The Bertz CT molecular complexity index is 1080. The maximum absolute atomic E-state index is 12.6. The van der Waals surface area contributed by atoms with E-state index in [4.69, 9.17) is 4.74 Å². The summed E-state index contributed by atoms with van der Waals surface area (Å²) in [5.74, 6) is 2.11. The molecule has 0 spiro atoms. The summed E-state index contributed by atoms with van der Waals surface area (Å²) < 4.78 is 9.03. The molecule has 0 fully saturated rings. The molecule has 1 N–H and O–H groups in total. The molecule has 1 heterocycles. The molecule has 0 bridgehead atoms.